The zero-order valence-corrected chi connectivity index (χ0v) is 47.5. The Morgan fingerprint density at radius 3 is 1.33 bits per heavy atom. The Bertz CT molecular complexity index is 2030. The predicted molar refractivity (Wildman–Crippen MR) is 283 cm³/mol. The first-order valence-corrected chi connectivity index (χ1v) is 27.2. The number of nitrogens with one attached hydrogen (secondary N) is 8. The molecule has 0 aliphatic carbocycles. The van der Waals surface area contributed by atoms with E-state index in [0.717, 1.165) is 6.92 Å². The molecule has 2 fully saturated rings. The minimum absolute atomic E-state index is 0.00554. The van der Waals surface area contributed by atoms with E-state index < -0.39 is 158 Å². The predicted octanol–water partition coefficient (Wildman–Crippen LogP) is -7.50. The highest BCUT2D eigenvalue weighted by Gasteiger charge is 2.46. The van der Waals surface area contributed by atoms with Gasteiger partial charge in [0.05, 0.1) is 72.7 Å². The Morgan fingerprint density at radius 1 is 0.518 bits per heavy atom. The second kappa shape index (κ2) is 40.8. The van der Waals surface area contributed by atoms with Crippen LogP contribution in [0.2, 0.25) is 0 Å². The maximum Gasteiger partial charge on any atom is 0.242 e. The van der Waals surface area contributed by atoms with E-state index in [0.29, 0.717) is 6.42 Å². The fourth-order valence-corrected chi connectivity index (χ4v) is 7.96. The van der Waals surface area contributed by atoms with Crippen molar-refractivity contribution >= 4 is 47.3 Å². The lowest BCUT2D eigenvalue weighted by Crippen LogP contribution is -2.64. The second-order valence-corrected chi connectivity index (χ2v) is 19.5. The van der Waals surface area contributed by atoms with E-state index in [1.165, 1.54) is 13.8 Å². The molecule has 83 heavy (non-hydrogen) atoms. The van der Waals surface area contributed by atoms with Crippen molar-refractivity contribution in [3.05, 3.63) is 11.5 Å². The van der Waals surface area contributed by atoms with Crippen molar-refractivity contribution in [2.75, 3.05) is 98.9 Å². The molecule has 33 nitrogen and oxygen atoms in total. The summed E-state index contributed by atoms with van der Waals surface area (Å²) in [5.74, 6) is -5.40. The van der Waals surface area contributed by atoms with Crippen molar-refractivity contribution in [2.45, 2.75) is 153 Å². The Balaban J connectivity index is 2.02. The molecular formula is C50H88N8O25. The number of carbonyl (C=O) groups excluding carboxylic acids is 8. The molecule has 0 spiro atoms. The molecule has 478 valence electrons. The zero-order valence-electron chi connectivity index (χ0n) is 47.5. The van der Waals surface area contributed by atoms with Gasteiger partial charge in [0.25, 0.3) is 0 Å². The third-order valence-electron chi connectivity index (χ3n) is 12.3. The molecule has 0 bridgehead atoms. The van der Waals surface area contributed by atoms with Crippen molar-refractivity contribution in [2.24, 2.45) is 5.92 Å². The van der Waals surface area contributed by atoms with Gasteiger partial charge in [-0.3, -0.25) is 38.4 Å². The van der Waals surface area contributed by atoms with Crippen LogP contribution in [-0.2, 0) is 76.3 Å². The number of hydrogen-bond acceptors (Lipinski definition) is 25. The van der Waals surface area contributed by atoms with Crippen LogP contribution in [0.3, 0.4) is 0 Å². The molecule has 0 aromatic rings. The van der Waals surface area contributed by atoms with Gasteiger partial charge < -0.3 is 126 Å². The molecule has 0 radical (unpaired) electrons. The summed E-state index contributed by atoms with van der Waals surface area (Å²) in [6.07, 6.45) is -13.2. The average molecular weight is 1200 g/mol. The molecule has 17 N–H and O–H groups in total. The third-order valence-corrected chi connectivity index (χ3v) is 12.3. The van der Waals surface area contributed by atoms with E-state index in [-0.39, 0.29) is 117 Å². The van der Waals surface area contributed by atoms with Gasteiger partial charge in [0, 0.05) is 59.7 Å². The van der Waals surface area contributed by atoms with Gasteiger partial charge in [0.15, 0.2) is 18.9 Å². The van der Waals surface area contributed by atoms with E-state index in [1.54, 1.807) is 0 Å². The molecule has 2 rings (SSSR count). The van der Waals surface area contributed by atoms with Crippen LogP contribution >= 0.6 is 0 Å². The molecule has 33 heteroatoms. The summed E-state index contributed by atoms with van der Waals surface area (Å²) < 4.78 is 43.8. The first-order valence-electron chi connectivity index (χ1n) is 27.2. The smallest absolute Gasteiger partial charge is 0.242 e. The van der Waals surface area contributed by atoms with Crippen LogP contribution in [0.5, 0.6) is 0 Å². The van der Waals surface area contributed by atoms with Crippen molar-refractivity contribution < 1.29 is 122 Å². The Kier molecular flexibility index (Phi) is 36.3. The van der Waals surface area contributed by atoms with Gasteiger partial charge in [-0.05, 0) is 25.2 Å². The molecule has 13 unspecified atom stereocenters. The van der Waals surface area contributed by atoms with Gasteiger partial charge in [-0.2, -0.15) is 0 Å². The van der Waals surface area contributed by atoms with Crippen molar-refractivity contribution in [3.8, 4) is 0 Å². The van der Waals surface area contributed by atoms with Crippen LogP contribution in [0.25, 0.3) is 0 Å². The fourth-order valence-electron chi connectivity index (χ4n) is 7.96. The maximum absolute atomic E-state index is 13.5. The largest absolute Gasteiger partial charge is 0.508 e. The summed E-state index contributed by atoms with van der Waals surface area (Å²) >= 11 is 0. The van der Waals surface area contributed by atoms with E-state index in [2.05, 4.69) is 42.5 Å². The number of rotatable bonds is 41. The highest BCUT2D eigenvalue weighted by molar-refractivity contribution is 5.90. The van der Waals surface area contributed by atoms with Gasteiger partial charge >= 0.3 is 0 Å². The van der Waals surface area contributed by atoms with E-state index >= 15 is 0 Å². The van der Waals surface area contributed by atoms with Crippen LogP contribution in [-0.4, -0.2) is 272 Å². The molecule has 8 amide bonds. The van der Waals surface area contributed by atoms with Crippen LogP contribution in [0.15, 0.2) is 11.5 Å². The van der Waals surface area contributed by atoms with Crippen LogP contribution in [0.4, 0.5) is 0 Å². The Hall–Kier alpha value is -5.34. The Labute approximate surface area is 480 Å². The highest BCUT2D eigenvalue weighted by atomic mass is 16.7. The fraction of sp³-hybridized carbons (Fsp3) is 0.800. The number of aliphatic hydroxyl groups is 9. The van der Waals surface area contributed by atoms with Crippen LogP contribution in [0, 0.1) is 5.92 Å². The summed E-state index contributed by atoms with van der Waals surface area (Å²) in [5.41, 5.74) is -0.470. The zero-order chi connectivity index (χ0) is 62.0. The first kappa shape index (κ1) is 73.8. The first-order chi connectivity index (χ1) is 39.4. The number of hydrogen-bond donors (Lipinski definition) is 17. The van der Waals surface area contributed by atoms with Gasteiger partial charge in [-0.15, -0.1) is 0 Å². The minimum Gasteiger partial charge on any atom is -0.508 e. The maximum atomic E-state index is 13.5. The minimum atomic E-state index is -1.83. The second-order valence-electron chi connectivity index (χ2n) is 19.5. The average Bonchev–Trinajstić information content (AvgIpc) is 3.63. The molecule has 2 aliphatic rings. The summed E-state index contributed by atoms with van der Waals surface area (Å²) in [7, 11) is 0. The lowest BCUT2D eigenvalue weighted by atomic mass is 9.97. The molecule has 2 saturated heterocycles. The highest BCUT2D eigenvalue weighted by Crippen LogP contribution is 2.24. The summed E-state index contributed by atoms with van der Waals surface area (Å²) in [4.78, 5) is 101. The van der Waals surface area contributed by atoms with Crippen molar-refractivity contribution in [1.29, 1.82) is 0 Å². The van der Waals surface area contributed by atoms with Gasteiger partial charge in [-0.1, -0.05) is 13.8 Å². The Morgan fingerprint density at radius 2 is 0.928 bits per heavy atom. The van der Waals surface area contributed by atoms with Crippen molar-refractivity contribution in [3.63, 3.8) is 0 Å². The topological polar surface area (TPSA) is 489 Å². The number of carbonyl (C=O) groups is 8. The van der Waals surface area contributed by atoms with Gasteiger partial charge in [0.1, 0.15) is 78.9 Å². The lowest BCUT2D eigenvalue weighted by Gasteiger charge is -2.42. The summed E-state index contributed by atoms with van der Waals surface area (Å²) in [6, 6.07) is -4.85. The number of aliphatic hydroxyl groups excluding tert-OH is 9. The number of ether oxygens (including phenoxy) is 8. The molecule has 0 aromatic carbocycles. The molecule has 2 heterocycles. The normalized spacial score (nSPS) is 23.8. The molecule has 2 aliphatic heterocycles. The van der Waals surface area contributed by atoms with Crippen LogP contribution in [0.1, 0.15) is 73.1 Å². The van der Waals surface area contributed by atoms with E-state index in [1.807, 2.05) is 13.8 Å². The SMILES string of the molecule is CC(=O)N/C(=C(/O)CO)C(O)OCCOCCNC(=O)C(CCC(=O)NCCOCCOC1OC(CO)C(O)C(O)C1NC(C)=O)NC(=O)CCC(NC(=O)CCC(C)C)C(=O)NCCOCCOC1OC(CO)C(O)C(O)C1NC(C)=O. The van der Waals surface area contributed by atoms with Crippen molar-refractivity contribution in [1.82, 2.24) is 42.5 Å². The third kappa shape index (κ3) is 28.9. The molecule has 0 aromatic heterocycles. The van der Waals surface area contributed by atoms with Gasteiger partial charge in [-0.25, -0.2) is 0 Å². The molecular weight excluding hydrogens is 1110 g/mol. The molecule has 0 saturated carbocycles. The monoisotopic (exact) mass is 1200 g/mol. The summed E-state index contributed by atoms with van der Waals surface area (Å²) in [6.45, 7) is 3.99. The lowest BCUT2D eigenvalue weighted by molar-refractivity contribution is -0.272. The molecule has 13 atom stereocenters. The van der Waals surface area contributed by atoms with E-state index in [4.69, 9.17) is 37.9 Å². The van der Waals surface area contributed by atoms with Crippen LogP contribution < -0.4 is 42.5 Å². The van der Waals surface area contributed by atoms with E-state index in [9.17, 15) is 84.3 Å². The van der Waals surface area contributed by atoms with Gasteiger partial charge in [0.2, 0.25) is 47.3 Å². The summed E-state index contributed by atoms with van der Waals surface area (Å²) in [5, 5.41) is 110. The number of amides is 8. The quantitative estimate of drug-likeness (QED) is 0.0154. The standard InChI is InChI=1S/C50H88N8O25/c1-27(2)6-9-37(67)57-32(47(74)53-14-17-78-20-23-81-50-41(56-30(5)64)45(72)43(70)35(26-61)83-50)8-11-38(68)58-31(46(73)52-13-16-77-18-21-79-48(75)39(33(65)24-59)54-28(3)62)7-10-36(66)51-12-15-76-19-22-80-49-40(55-29(4)63)44(71)42(69)34(25-60)82-49/h27,31-32,34-35,40-45,48-50,59-61,65,69-72,75H,6-26H2,1-5H3,(H,51,66)(H,52,73)(H,53,74)(H,54,62)(H,55,63)(H,56,64)(H,57,67)(H,58,68)/b39-33+.